The van der Waals surface area contributed by atoms with Crippen LogP contribution in [0.2, 0.25) is 0 Å². The van der Waals surface area contributed by atoms with E-state index in [2.05, 4.69) is 10.4 Å². The molecule has 8 heteroatoms. The molecule has 0 aliphatic rings. The molecule has 0 aliphatic heterocycles. The lowest BCUT2D eigenvalue weighted by molar-refractivity contribution is -0.385. The number of aliphatic carboxylic acids is 1. The molecule has 0 unspecified atom stereocenters. The van der Waals surface area contributed by atoms with Gasteiger partial charge in [0.15, 0.2) is 5.69 Å². The number of rotatable bonds is 7. The summed E-state index contributed by atoms with van der Waals surface area (Å²) >= 11 is 0. The van der Waals surface area contributed by atoms with Crippen molar-refractivity contribution < 1.29 is 14.8 Å². The molecule has 110 valence electrons. The Morgan fingerprint density at radius 3 is 2.71 bits per heavy atom. The maximum atomic E-state index is 11.0. The first kappa shape index (κ1) is 14.7. The Bertz CT molecular complexity index is 639. The maximum absolute atomic E-state index is 11.0. The monoisotopic (exact) mass is 290 g/mol. The van der Waals surface area contributed by atoms with E-state index in [0.29, 0.717) is 6.54 Å². The summed E-state index contributed by atoms with van der Waals surface area (Å²) in [7, 11) is 0. The molecule has 0 amide bonds. The van der Waals surface area contributed by atoms with Crippen LogP contribution in [0.15, 0.2) is 36.5 Å². The molecule has 1 aromatic heterocycles. The van der Waals surface area contributed by atoms with Crippen molar-refractivity contribution in [3.05, 3.63) is 57.9 Å². The Labute approximate surface area is 120 Å². The second-order valence-corrected chi connectivity index (χ2v) is 4.40. The van der Waals surface area contributed by atoms with Crippen molar-refractivity contribution in [1.82, 2.24) is 15.1 Å². The van der Waals surface area contributed by atoms with Crippen molar-refractivity contribution in [2.75, 3.05) is 6.54 Å². The molecule has 0 radical (unpaired) electrons. The minimum absolute atomic E-state index is 0.0321. The second-order valence-electron chi connectivity index (χ2n) is 4.40. The summed E-state index contributed by atoms with van der Waals surface area (Å²) in [5.74, 6) is -1.03. The molecule has 0 spiro atoms. The molecule has 2 aromatic rings. The number of nitro groups is 1. The summed E-state index contributed by atoms with van der Waals surface area (Å²) in [5, 5.41) is 26.3. The first-order chi connectivity index (χ1) is 10.1. The van der Waals surface area contributed by atoms with Gasteiger partial charge >= 0.3 is 11.7 Å². The highest BCUT2D eigenvalue weighted by Gasteiger charge is 2.19. The van der Waals surface area contributed by atoms with Gasteiger partial charge in [-0.15, -0.1) is 0 Å². The highest BCUT2D eigenvalue weighted by Crippen LogP contribution is 2.17. The summed E-state index contributed by atoms with van der Waals surface area (Å²) in [6, 6.07) is 9.44. The fourth-order valence-electron chi connectivity index (χ4n) is 1.87. The van der Waals surface area contributed by atoms with Gasteiger partial charge in [-0.05, 0) is 5.56 Å². The van der Waals surface area contributed by atoms with E-state index in [4.69, 9.17) is 5.11 Å². The zero-order valence-electron chi connectivity index (χ0n) is 11.1. The van der Waals surface area contributed by atoms with Gasteiger partial charge in [0.05, 0.1) is 18.0 Å². The predicted molar refractivity (Wildman–Crippen MR) is 73.8 cm³/mol. The fourth-order valence-corrected chi connectivity index (χ4v) is 1.87. The Kier molecular flexibility index (Phi) is 4.62. The number of hydrogen-bond donors (Lipinski definition) is 2. The first-order valence-corrected chi connectivity index (χ1v) is 6.23. The van der Waals surface area contributed by atoms with Crippen LogP contribution in [0.4, 0.5) is 5.69 Å². The zero-order chi connectivity index (χ0) is 15.2. The third-order valence-electron chi connectivity index (χ3n) is 2.77. The largest absolute Gasteiger partial charge is 0.480 e. The third-order valence-corrected chi connectivity index (χ3v) is 2.77. The van der Waals surface area contributed by atoms with Crippen molar-refractivity contribution in [2.45, 2.75) is 13.1 Å². The van der Waals surface area contributed by atoms with Crippen LogP contribution in [0.3, 0.4) is 0 Å². The van der Waals surface area contributed by atoms with Gasteiger partial charge in [-0.25, -0.2) is 0 Å². The van der Waals surface area contributed by atoms with Crippen LogP contribution < -0.4 is 5.32 Å². The first-order valence-electron chi connectivity index (χ1n) is 6.23. The van der Waals surface area contributed by atoms with Gasteiger partial charge in [0, 0.05) is 6.54 Å². The molecular weight excluding hydrogens is 276 g/mol. The van der Waals surface area contributed by atoms with Crippen LogP contribution in [0.1, 0.15) is 11.3 Å². The van der Waals surface area contributed by atoms with Gasteiger partial charge in [0.25, 0.3) is 0 Å². The minimum atomic E-state index is -1.03. The average molecular weight is 290 g/mol. The van der Waals surface area contributed by atoms with Crippen molar-refractivity contribution in [3.8, 4) is 0 Å². The van der Waals surface area contributed by atoms with Gasteiger partial charge in [0.2, 0.25) is 0 Å². The lowest BCUT2D eigenvalue weighted by Crippen LogP contribution is -2.22. The molecule has 2 rings (SSSR count). The van der Waals surface area contributed by atoms with E-state index in [0.717, 1.165) is 5.56 Å². The van der Waals surface area contributed by atoms with Crippen LogP contribution in [-0.2, 0) is 17.9 Å². The number of carboxylic acid groups (broad SMARTS) is 1. The van der Waals surface area contributed by atoms with Gasteiger partial charge in [-0.1, -0.05) is 30.3 Å². The topological polar surface area (TPSA) is 110 Å². The summed E-state index contributed by atoms with van der Waals surface area (Å²) < 4.78 is 1.48. The van der Waals surface area contributed by atoms with Crippen molar-refractivity contribution in [1.29, 1.82) is 0 Å². The summed E-state index contributed by atoms with van der Waals surface area (Å²) in [6.45, 7) is 0.174. The summed E-state index contributed by atoms with van der Waals surface area (Å²) in [6.07, 6.45) is 1.35. The highest BCUT2D eigenvalue weighted by molar-refractivity contribution is 5.69. The number of hydrogen-bond acceptors (Lipinski definition) is 5. The third kappa shape index (κ3) is 4.11. The van der Waals surface area contributed by atoms with Crippen LogP contribution >= 0.6 is 0 Å². The number of nitrogens with one attached hydrogen (secondary N) is 1. The number of aromatic nitrogens is 2. The van der Waals surface area contributed by atoms with Crippen molar-refractivity contribution >= 4 is 11.7 Å². The smallest absolute Gasteiger partial charge is 0.317 e. The van der Waals surface area contributed by atoms with Crippen LogP contribution in [0.5, 0.6) is 0 Å². The molecule has 0 saturated carbocycles. The van der Waals surface area contributed by atoms with Crippen LogP contribution in [0, 0.1) is 10.1 Å². The lowest BCUT2D eigenvalue weighted by atomic mass is 10.2. The molecular formula is C13H14N4O4. The predicted octanol–water partition coefficient (Wildman–Crippen LogP) is 1.01. The maximum Gasteiger partial charge on any atom is 0.317 e. The van der Waals surface area contributed by atoms with Crippen LogP contribution in [-0.4, -0.2) is 32.3 Å². The normalized spacial score (nSPS) is 10.5. The Hall–Kier alpha value is -2.74. The van der Waals surface area contributed by atoms with E-state index in [1.54, 1.807) is 0 Å². The van der Waals surface area contributed by atoms with Crippen molar-refractivity contribution in [3.63, 3.8) is 0 Å². The minimum Gasteiger partial charge on any atom is -0.480 e. The van der Waals surface area contributed by atoms with Gasteiger partial charge in [-0.2, -0.15) is 5.10 Å². The van der Waals surface area contributed by atoms with E-state index >= 15 is 0 Å². The molecule has 0 fully saturated rings. The van der Waals surface area contributed by atoms with Gasteiger partial charge < -0.3 is 10.4 Å². The molecule has 0 saturated heterocycles. The zero-order valence-corrected chi connectivity index (χ0v) is 11.1. The number of nitrogens with zero attached hydrogens (tertiary/aromatic N) is 3. The Morgan fingerprint density at radius 2 is 2.10 bits per heavy atom. The molecule has 0 aliphatic carbocycles. The quantitative estimate of drug-likeness (QED) is 0.581. The standard InChI is InChI=1S/C13H14N4O4/c18-13(19)7-14-6-11-12(17(20)21)9-16(15-11)8-10-4-2-1-3-5-10/h1-5,9,14H,6-8H2,(H,18,19). The van der Waals surface area contributed by atoms with Gasteiger partial charge in [0.1, 0.15) is 6.20 Å². The Balaban J connectivity index is 2.13. The average Bonchev–Trinajstić information content (AvgIpc) is 2.82. The van der Waals surface area contributed by atoms with Gasteiger partial charge in [-0.3, -0.25) is 19.6 Å². The second kappa shape index (κ2) is 6.62. The van der Waals surface area contributed by atoms with E-state index < -0.39 is 10.9 Å². The molecule has 1 heterocycles. The highest BCUT2D eigenvalue weighted by atomic mass is 16.6. The van der Waals surface area contributed by atoms with E-state index in [-0.39, 0.29) is 24.5 Å². The molecule has 0 atom stereocenters. The molecule has 21 heavy (non-hydrogen) atoms. The summed E-state index contributed by atoms with van der Waals surface area (Å²) in [4.78, 5) is 20.9. The Morgan fingerprint density at radius 1 is 1.38 bits per heavy atom. The number of benzene rings is 1. The molecule has 1 aromatic carbocycles. The van der Waals surface area contributed by atoms with Crippen LogP contribution in [0.25, 0.3) is 0 Å². The lowest BCUT2D eigenvalue weighted by Gasteiger charge is -2.00. The van der Waals surface area contributed by atoms with E-state index in [9.17, 15) is 14.9 Å². The molecule has 0 bridgehead atoms. The number of carbonyl (C=O) groups is 1. The number of carboxylic acids is 1. The van der Waals surface area contributed by atoms with Crippen molar-refractivity contribution in [2.24, 2.45) is 0 Å². The fraction of sp³-hybridized carbons (Fsp3) is 0.231. The SMILES string of the molecule is O=C(O)CNCc1nn(Cc2ccccc2)cc1[N+](=O)[O-]. The molecule has 2 N–H and O–H groups in total. The summed E-state index contributed by atoms with van der Waals surface area (Å²) in [5.41, 5.74) is 1.07. The van der Waals surface area contributed by atoms with E-state index in [1.165, 1.54) is 10.9 Å². The molecule has 8 nitrogen and oxygen atoms in total. The van der Waals surface area contributed by atoms with E-state index in [1.807, 2.05) is 30.3 Å².